The fourth-order valence-electron chi connectivity index (χ4n) is 1.28. The Bertz CT molecular complexity index is 248. The maximum absolute atomic E-state index is 11.1. The van der Waals surface area contributed by atoms with Gasteiger partial charge in [-0.3, -0.25) is 14.5 Å². The molecule has 0 radical (unpaired) electrons. The minimum Gasteiger partial charge on any atom is -0.340 e. The van der Waals surface area contributed by atoms with E-state index in [-0.39, 0.29) is 18.0 Å². The number of fused-ring (bicyclic) bond motifs is 1. The van der Waals surface area contributed by atoms with Gasteiger partial charge in [0.1, 0.15) is 6.23 Å². The van der Waals surface area contributed by atoms with Crippen LogP contribution in [-0.2, 0) is 14.3 Å². The van der Waals surface area contributed by atoms with Crippen LogP contribution in [0.2, 0.25) is 0 Å². The normalized spacial score (nSPS) is 35.1. The second kappa shape index (κ2) is 1.92. The standard InChI is InChI=1S/C7H7NO3/c1-2-4-7(10)8-5(9)3-6(8)11-4/h2,4,6H,1,3H2/t4?,6-/m1/s1. The van der Waals surface area contributed by atoms with E-state index in [9.17, 15) is 9.59 Å². The smallest absolute Gasteiger partial charge is 0.264 e. The zero-order valence-electron chi connectivity index (χ0n) is 5.82. The lowest BCUT2D eigenvalue weighted by atomic mass is 10.2. The number of hydrogen-bond donors (Lipinski definition) is 0. The molecule has 2 aliphatic heterocycles. The van der Waals surface area contributed by atoms with Crippen LogP contribution in [0.4, 0.5) is 0 Å². The Balaban J connectivity index is 2.21. The maximum atomic E-state index is 11.1. The van der Waals surface area contributed by atoms with E-state index >= 15 is 0 Å². The third-order valence-corrected chi connectivity index (χ3v) is 1.90. The van der Waals surface area contributed by atoms with Crippen LogP contribution < -0.4 is 0 Å². The summed E-state index contributed by atoms with van der Waals surface area (Å²) in [6.07, 6.45) is 0.828. The van der Waals surface area contributed by atoms with Crippen molar-refractivity contribution < 1.29 is 14.3 Å². The second-order valence-electron chi connectivity index (χ2n) is 2.55. The summed E-state index contributed by atoms with van der Waals surface area (Å²) in [5.74, 6) is -0.425. The molecule has 4 nitrogen and oxygen atoms in total. The molecule has 0 spiro atoms. The van der Waals surface area contributed by atoms with Gasteiger partial charge in [-0.05, 0) is 0 Å². The van der Waals surface area contributed by atoms with Gasteiger partial charge in [0.25, 0.3) is 5.91 Å². The highest BCUT2D eigenvalue weighted by atomic mass is 16.5. The van der Waals surface area contributed by atoms with Gasteiger partial charge < -0.3 is 4.74 Å². The lowest BCUT2D eigenvalue weighted by Gasteiger charge is -2.29. The van der Waals surface area contributed by atoms with Gasteiger partial charge in [-0.2, -0.15) is 0 Å². The largest absolute Gasteiger partial charge is 0.340 e. The number of β-lactam (4-membered cyclic amide) rings is 1. The molecule has 1 unspecified atom stereocenters. The highest BCUT2D eigenvalue weighted by Gasteiger charge is 2.50. The van der Waals surface area contributed by atoms with Crippen LogP contribution in [0.1, 0.15) is 6.42 Å². The van der Waals surface area contributed by atoms with Crippen molar-refractivity contribution in [3.63, 3.8) is 0 Å². The Morgan fingerprint density at radius 1 is 1.64 bits per heavy atom. The first-order chi connectivity index (χ1) is 5.24. The van der Waals surface area contributed by atoms with Gasteiger partial charge in [-0.25, -0.2) is 0 Å². The summed E-state index contributed by atoms with van der Waals surface area (Å²) in [5, 5.41) is 0. The Morgan fingerprint density at radius 2 is 2.36 bits per heavy atom. The summed E-state index contributed by atoms with van der Waals surface area (Å²) in [5.41, 5.74) is 0. The first kappa shape index (κ1) is 6.54. The van der Waals surface area contributed by atoms with Gasteiger partial charge in [-0.15, -0.1) is 0 Å². The zero-order valence-corrected chi connectivity index (χ0v) is 5.82. The topological polar surface area (TPSA) is 46.6 Å². The molecule has 2 saturated heterocycles. The number of nitrogens with zero attached hydrogens (tertiary/aromatic N) is 1. The summed E-state index contributed by atoms with van der Waals surface area (Å²) in [6.45, 7) is 3.43. The number of amides is 2. The average Bonchev–Trinajstić information content (AvgIpc) is 2.20. The van der Waals surface area contributed by atoms with Gasteiger partial charge in [-0.1, -0.05) is 12.7 Å². The van der Waals surface area contributed by atoms with E-state index in [0.717, 1.165) is 4.90 Å². The first-order valence-corrected chi connectivity index (χ1v) is 3.38. The number of rotatable bonds is 1. The predicted octanol–water partition coefficient (Wildman–Crippen LogP) is -0.344. The Hall–Kier alpha value is -1.16. The number of carbonyl (C=O) groups is 2. The zero-order chi connectivity index (χ0) is 8.01. The van der Waals surface area contributed by atoms with Gasteiger partial charge in [0.05, 0.1) is 6.42 Å². The third kappa shape index (κ3) is 0.670. The molecule has 2 aliphatic rings. The molecule has 2 amide bonds. The molecule has 2 atom stereocenters. The van der Waals surface area contributed by atoms with Gasteiger partial charge >= 0.3 is 0 Å². The van der Waals surface area contributed by atoms with Crippen LogP contribution in [-0.4, -0.2) is 29.0 Å². The van der Waals surface area contributed by atoms with E-state index in [1.54, 1.807) is 0 Å². The molecule has 2 rings (SSSR count). The number of hydrogen-bond acceptors (Lipinski definition) is 3. The maximum Gasteiger partial charge on any atom is 0.264 e. The molecule has 58 valence electrons. The highest BCUT2D eigenvalue weighted by Crippen LogP contribution is 2.29. The molecule has 0 bridgehead atoms. The van der Waals surface area contributed by atoms with Gasteiger partial charge in [0.2, 0.25) is 5.91 Å². The van der Waals surface area contributed by atoms with E-state index in [2.05, 4.69) is 6.58 Å². The predicted molar refractivity (Wildman–Crippen MR) is 35.3 cm³/mol. The molecular formula is C7H7NO3. The Morgan fingerprint density at radius 3 is 2.82 bits per heavy atom. The van der Waals surface area contributed by atoms with Crippen molar-refractivity contribution in [2.75, 3.05) is 0 Å². The van der Waals surface area contributed by atoms with Crippen molar-refractivity contribution in [2.45, 2.75) is 18.8 Å². The van der Waals surface area contributed by atoms with E-state index in [4.69, 9.17) is 4.74 Å². The molecule has 0 aromatic rings. The Labute approximate surface area is 63.4 Å². The van der Waals surface area contributed by atoms with Gasteiger partial charge in [0, 0.05) is 0 Å². The van der Waals surface area contributed by atoms with Crippen molar-refractivity contribution in [1.82, 2.24) is 4.90 Å². The van der Waals surface area contributed by atoms with Crippen molar-refractivity contribution >= 4 is 11.8 Å². The molecule has 0 N–H and O–H groups in total. The summed E-state index contributed by atoms with van der Waals surface area (Å²) in [6, 6.07) is 0. The fourth-order valence-corrected chi connectivity index (χ4v) is 1.28. The van der Waals surface area contributed by atoms with Crippen molar-refractivity contribution in [1.29, 1.82) is 0 Å². The Kier molecular flexibility index (Phi) is 1.14. The summed E-state index contributed by atoms with van der Waals surface area (Å²) < 4.78 is 5.13. The minimum absolute atomic E-state index is 0.149. The molecule has 2 fully saturated rings. The van der Waals surface area contributed by atoms with E-state index in [1.165, 1.54) is 6.08 Å². The summed E-state index contributed by atoms with van der Waals surface area (Å²) in [4.78, 5) is 23.0. The average molecular weight is 153 g/mol. The summed E-state index contributed by atoms with van der Waals surface area (Å²) >= 11 is 0. The molecule has 0 aliphatic carbocycles. The van der Waals surface area contributed by atoms with Crippen LogP contribution >= 0.6 is 0 Å². The lowest BCUT2D eigenvalue weighted by molar-refractivity contribution is -0.160. The van der Waals surface area contributed by atoms with Crippen molar-refractivity contribution in [2.24, 2.45) is 0 Å². The lowest BCUT2D eigenvalue weighted by Crippen LogP contribution is -2.51. The quantitative estimate of drug-likeness (QED) is 0.294. The molecule has 11 heavy (non-hydrogen) atoms. The fraction of sp³-hybridized carbons (Fsp3) is 0.429. The van der Waals surface area contributed by atoms with Crippen LogP contribution in [0, 0.1) is 0 Å². The number of imide groups is 1. The molecule has 0 aromatic carbocycles. The van der Waals surface area contributed by atoms with Gasteiger partial charge in [0.15, 0.2) is 6.10 Å². The number of carbonyl (C=O) groups excluding carboxylic acids is 2. The third-order valence-electron chi connectivity index (χ3n) is 1.90. The first-order valence-electron chi connectivity index (χ1n) is 3.38. The molecule has 0 aromatic heterocycles. The number of ether oxygens (including phenoxy) is 1. The van der Waals surface area contributed by atoms with Crippen LogP contribution in [0.3, 0.4) is 0 Å². The monoisotopic (exact) mass is 153 g/mol. The second-order valence-corrected chi connectivity index (χ2v) is 2.55. The SMILES string of the molecule is C=CC1O[C@@H]2CC(=O)N2C1=O. The minimum atomic E-state index is -0.605. The summed E-state index contributed by atoms with van der Waals surface area (Å²) in [7, 11) is 0. The van der Waals surface area contributed by atoms with Crippen LogP contribution in [0.25, 0.3) is 0 Å². The van der Waals surface area contributed by atoms with E-state index < -0.39 is 6.10 Å². The van der Waals surface area contributed by atoms with E-state index in [0.29, 0.717) is 6.42 Å². The molecule has 0 saturated carbocycles. The van der Waals surface area contributed by atoms with E-state index in [1.807, 2.05) is 0 Å². The highest BCUT2D eigenvalue weighted by molar-refractivity contribution is 6.04. The molecule has 4 heteroatoms. The van der Waals surface area contributed by atoms with Crippen molar-refractivity contribution in [3.05, 3.63) is 12.7 Å². The van der Waals surface area contributed by atoms with Crippen molar-refractivity contribution in [3.8, 4) is 0 Å². The van der Waals surface area contributed by atoms with Crippen LogP contribution in [0.5, 0.6) is 0 Å². The molecular weight excluding hydrogens is 146 g/mol. The van der Waals surface area contributed by atoms with Crippen LogP contribution in [0.15, 0.2) is 12.7 Å². The molecule has 2 heterocycles.